The van der Waals surface area contributed by atoms with Crippen LogP contribution in [-0.4, -0.2) is 24.1 Å². The first-order chi connectivity index (χ1) is 15.0. The topological polar surface area (TPSA) is 116 Å². The molecule has 0 atom stereocenters. The molecule has 0 saturated heterocycles. The molecule has 0 fully saturated rings. The van der Waals surface area contributed by atoms with E-state index in [2.05, 4.69) is 10.4 Å². The van der Waals surface area contributed by atoms with E-state index in [1.807, 2.05) is 0 Å². The van der Waals surface area contributed by atoms with Gasteiger partial charge in [-0.25, -0.2) is 22.6 Å². The molecule has 0 unspecified atom stereocenters. The predicted molar refractivity (Wildman–Crippen MR) is 109 cm³/mol. The fraction of sp³-hybridized carbons (Fsp3) is 0.158. The molecule has 1 aromatic heterocycles. The Morgan fingerprint density at radius 2 is 1.94 bits per heavy atom. The summed E-state index contributed by atoms with van der Waals surface area (Å²) >= 11 is 5.91. The number of ether oxygens (including phenoxy) is 1. The molecule has 0 aliphatic rings. The second kappa shape index (κ2) is 9.59. The van der Waals surface area contributed by atoms with Crippen LogP contribution in [0.1, 0.15) is 17.7 Å². The Bertz CT molecular complexity index is 1250. The first-order valence-corrected chi connectivity index (χ1v) is 10.8. The van der Waals surface area contributed by atoms with Gasteiger partial charge in [-0.05, 0) is 29.8 Å². The molecule has 0 radical (unpaired) electrons. The highest BCUT2D eigenvalue weighted by atomic mass is 35.5. The lowest BCUT2D eigenvalue weighted by atomic mass is 10.1. The molecule has 32 heavy (non-hydrogen) atoms. The summed E-state index contributed by atoms with van der Waals surface area (Å²) < 4.78 is 68.0. The van der Waals surface area contributed by atoms with Crippen molar-refractivity contribution in [1.82, 2.24) is 9.78 Å². The molecule has 1 amide bonds. The van der Waals surface area contributed by atoms with Gasteiger partial charge in [-0.2, -0.15) is 13.9 Å². The standard InChI is InChI=1S/C19H16ClF3N4O4S/c20-16-6-13(21)3-1-11(16)5-18(28)26-14-4-2-12(17(7-14)32(24,29)30)10-31-15-8-25-27(9-15)19(22)23/h1-4,6-9,19H,5,10H2,(H,26,28)(H2,24,29,30). The molecule has 3 rings (SSSR count). The zero-order valence-electron chi connectivity index (χ0n) is 16.1. The van der Waals surface area contributed by atoms with Gasteiger partial charge in [-0.3, -0.25) is 4.79 Å². The number of nitrogens with zero attached hydrogens (tertiary/aromatic N) is 2. The number of anilines is 1. The summed E-state index contributed by atoms with van der Waals surface area (Å²) in [6, 6.07) is 7.51. The smallest absolute Gasteiger partial charge is 0.333 e. The molecule has 0 bridgehead atoms. The van der Waals surface area contributed by atoms with E-state index in [-0.39, 0.29) is 39.9 Å². The van der Waals surface area contributed by atoms with Crippen LogP contribution < -0.4 is 15.2 Å². The summed E-state index contributed by atoms with van der Waals surface area (Å²) in [6.07, 6.45) is 1.83. The number of carbonyl (C=O) groups is 1. The van der Waals surface area contributed by atoms with E-state index in [0.717, 1.165) is 30.6 Å². The Morgan fingerprint density at radius 3 is 2.56 bits per heavy atom. The van der Waals surface area contributed by atoms with Crippen LogP contribution in [0.2, 0.25) is 5.02 Å². The minimum absolute atomic E-state index is 0.000717. The third-order valence-electron chi connectivity index (χ3n) is 4.20. The van der Waals surface area contributed by atoms with Crippen LogP contribution in [0.4, 0.5) is 18.9 Å². The maximum Gasteiger partial charge on any atom is 0.333 e. The van der Waals surface area contributed by atoms with Crippen molar-refractivity contribution in [3.8, 4) is 5.75 Å². The summed E-state index contributed by atoms with van der Waals surface area (Å²) in [5.41, 5.74) is 0.648. The van der Waals surface area contributed by atoms with Crippen molar-refractivity contribution in [2.24, 2.45) is 5.14 Å². The first kappa shape index (κ1) is 23.6. The average molecular weight is 489 g/mol. The molecule has 8 nitrogen and oxygen atoms in total. The molecule has 2 aromatic carbocycles. The number of rotatable bonds is 8. The van der Waals surface area contributed by atoms with Crippen LogP contribution in [0, 0.1) is 5.82 Å². The molecule has 0 aliphatic heterocycles. The average Bonchev–Trinajstić information content (AvgIpc) is 3.18. The molecule has 0 saturated carbocycles. The third kappa shape index (κ3) is 5.99. The summed E-state index contributed by atoms with van der Waals surface area (Å²) in [4.78, 5) is 12.0. The predicted octanol–water partition coefficient (Wildman–Crippen LogP) is 3.48. The molecule has 1 heterocycles. The van der Waals surface area contributed by atoms with Gasteiger partial charge in [-0.15, -0.1) is 0 Å². The minimum atomic E-state index is -4.21. The van der Waals surface area contributed by atoms with Crippen LogP contribution in [0.15, 0.2) is 53.7 Å². The van der Waals surface area contributed by atoms with Crippen molar-refractivity contribution in [3.05, 3.63) is 70.8 Å². The molecule has 13 heteroatoms. The van der Waals surface area contributed by atoms with Gasteiger partial charge in [0.15, 0.2) is 5.75 Å². The number of benzene rings is 2. The Kier molecular flexibility index (Phi) is 7.06. The molecular weight excluding hydrogens is 473 g/mol. The van der Waals surface area contributed by atoms with Gasteiger partial charge >= 0.3 is 6.55 Å². The zero-order valence-corrected chi connectivity index (χ0v) is 17.7. The lowest BCUT2D eigenvalue weighted by molar-refractivity contribution is -0.115. The van der Waals surface area contributed by atoms with Crippen LogP contribution in [0.5, 0.6) is 5.75 Å². The number of hydrogen-bond donors (Lipinski definition) is 2. The quantitative estimate of drug-likeness (QED) is 0.503. The normalized spacial score (nSPS) is 11.6. The lowest BCUT2D eigenvalue weighted by Crippen LogP contribution is -2.18. The molecule has 0 spiro atoms. The van der Waals surface area contributed by atoms with Crippen molar-refractivity contribution >= 4 is 33.2 Å². The number of alkyl halides is 2. The Morgan fingerprint density at radius 1 is 1.22 bits per heavy atom. The number of amides is 1. The van der Waals surface area contributed by atoms with E-state index in [0.29, 0.717) is 10.2 Å². The van der Waals surface area contributed by atoms with Gasteiger partial charge in [0, 0.05) is 16.3 Å². The molecule has 0 aliphatic carbocycles. The van der Waals surface area contributed by atoms with Gasteiger partial charge in [-0.1, -0.05) is 23.7 Å². The van der Waals surface area contributed by atoms with E-state index in [4.69, 9.17) is 21.5 Å². The van der Waals surface area contributed by atoms with Gasteiger partial charge < -0.3 is 10.1 Å². The number of halogens is 4. The third-order valence-corrected chi connectivity index (χ3v) is 5.54. The molecular formula is C19H16ClF3N4O4S. The van der Waals surface area contributed by atoms with Crippen molar-refractivity contribution in [2.75, 3.05) is 5.32 Å². The summed E-state index contributed by atoms with van der Waals surface area (Å²) in [5, 5.41) is 11.3. The number of hydrogen-bond acceptors (Lipinski definition) is 5. The number of primary sulfonamides is 1. The Hall–Kier alpha value is -3.09. The second-order valence-electron chi connectivity index (χ2n) is 6.55. The van der Waals surface area contributed by atoms with Crippen molar-refractivity contribution in [2.45, 2.75) is 24.5 Å². The van der Waals surface area contributed by atoms with Crippen LogP contribution >= 0.6 is 11.6 Å². The maximum atomic E-state index is 13.1. The van der Waals surface area contributed by atoms with Gasteiger partial charge in [0.25, 0.3) is 0 Å². The number of sulfonamides is 1. The number of carbonyl (C=O) groups excluding carboxylic acids is 1. The molecule has 3 N–H and O–H groups in total. The van der Waals surface area contributed by atoms with Gasteiger partial charge in [0.05, 0.1) is 23.7 Å². The number of nitrogens with two attached hydrogens (primary N) is 1. The minimum Gasteiger partial charge on any atom is -0.486 e. The van der Waals surface area contributed by atoms with Gasteiger partial charge in [0.2, 0.25) is 15.9 Å². The van der Waals surface area contributed by atoms with E-state index in [1.54, 1.807) is 0 Å². The van der Waals surface area contributed by atoms with Crippen LogP contribution in [0.25, 0.3) is 0 Å². The highest BCUT2D eigenvalue weighted by Crippen LogP contribution is 2.23. The Labute approximate surface area is 185 Å². The fourth-order valence-corrected chi connectivity index (χ4v) is 3.74. The maximum absolute atomic E-state index is 13.1. The lowest BCUT2D eigenvalue weighted by Gasteiger charge is -2.12. The summed E-state index contributed by atoms with van der Waals surface area (Å²) in [6.45, 7) is -3.15. The summed E-state index contributed by atoms with van der Waals surface area (Å²) in [7, 11) is -4.21. The van der Waals surface area contributed by atoms with Crippen molar-refractivity contribution in [3.63, 3.8) is 0 Å². The van der Waals surface area contributed by atoms with E-state index >= 15 is 0 Å². The Balaban J connectivity index is 1.74. The van der Waals surface area contributed by atoms with Crippen molar-refractivity contribution in [1.29, 1.82) is 0 Å². The fourth-order valence-electron chi connectivity index (χ4n) is 2.72. The number of nitrogens with one attached hydrogen (secondary N) is 1. The second-order valence-corrected chi connectivity index (χ2v) is 8.49. The highest BCUT2D eigenvalue weighted by molar-refractivity contribution is 7.89. The zero-order chi connectivity index (χ0) is 23.5. The number of aromatic nitrogens is 2. The highest BCUT2D eigenvalue weighted by Gasteiger charge is 2.17. The van der Waals surface area contributed by atoms with E-state index in [1.165, 1.54) is 18.2 Å². The first-order valence-electron chi connectivity index (χ1n) is 8.87. The van der Waals surface area contributed by atoms with Gasteiger partial charge in [0.1, 0.15) is 12.4 Å². The van der Waals surface area contributed by atoms with Crippen LogP contribution in [-0.2, 0) is 27.8 Å². The van der Waals surface area contributed by atoms with Crippen molar-refractivity contribution < 1.29 is 31.1 Å². The molecule has 3 aromatic rings. The van der Waals surface area contributed by atoms with E-state index < -0.39 is 28.3 Å². The monoisotopic (exact) mass is 488 g/mol. The SMILES string of the molecule is NS(=O)(=O)c1cc(NC(=O)Cc2ccc(F)cc2Cl)ccc1COc1cnn(C(F)F)c1. The largest absolute Gasteiger partial charge is 0.486 e. The van der Waals surface area contributed by atoms with Crippen LogP contribution in [0.3, 0.4) is 0 Å². The molecule has 170 valence electrons. The van der Waals surface area contributed by atoms with E-state index in [9.17, 15) is 26.4 Å². The summed E-state index contributed by atoms with van der Waals surface area (Å²) in [5.74, 6) is -1.07.